The summed E-state index contributed by atoms with van der Waals surface area (Å²) >= 11 is 0. The third-order valence-electron chi connectivity index (χ3n) is 2.43. The number of nitrogens with zero attached hydrogens (tertiary/aromatic N) is 1. The molecule has 0 amide bonds. The molecule has 0 fully saturated rings. The highest BCUT2D eigenvalue weighted by molar-refractivity contribution is 5.22. The Balaban J connectivity index is 2.20. The van der Waals surface area contributed by atoms with Crippen LogP contribution in [0.25, 0.3) is 0 Å². The molecule has 0 spiro atoms. The molecule has 80 valence electrons. The topological polar surface area (TPSA) is 60.2 Å². The van der Waals surface area contributed by atoms with E-state index in [0.717, 1.165) is 30.8 Å². The van der Waals surface area contributed by atoms with E-state index in [1.807, 2.05) is 12.1 Å². The molecule has 1 unspecified atom stereocenters. The Bertz CT molecular complexity index is 337. The number of hydrogen-bond donors (Lipinski definition) is 2. The molecule has 3 N–H and O–H groups in total. The molecule has 0 saturated carbocycles. The highest BCUT2D eigenvalue weighted by Gasteiger charge is 2.18. The van der Waals surface area contributed by atoms with Gasteiger partial charge in [0.25, 0.3) is 0 Å². The third kappa shape index (κ3) is 2.34. The second-order valence-corrected chi connectivity index (χ2v) is 3.48. The van der Waals surface area contributed by atoms with Crippen LogP contribution in [0.1, 0.15) is 24.4 Å². The summed E-state index contributed by atoms with van der Waals surface area (Å²) in [5.41, 5.74) is 3.78. The van der Waals surface area contributed by atoms with Crippen LogP contribution in [-0.2, 0) is 4.74 Å². The normalized spacial score (nSPS) is 17.8. The molecule has 1 aromatic rings. The molecule has 2 rings (SSSR count). The first-order chi connectivity index (χ1) is 7.42. The fourth-order valence-corrected chi connectivity index (χ4v) is 1.67. The zero-order chi connectivity index (χ0) is 10.5. The van der Waals surface area contributed by atoms with E-state index in [-0.39, 0.29) is 6.04 Å². The molecule has 1 aliphatic heterocycles. The number of rotatable bonds is 3. The lowest BCUT2D eigenvalue weighted by molar-refractivity contribution is 0.168. The lowest BCUT2D eigenvalue weighted by Gasteiger charge is -2.23. The number of nitrogens with two attached hydrogens (primary N) is 1. The average Bonchev–Trinajstić information content (AvgIpc) is 2.33. The predicted octanol–water partition coefficient (Wildman–Crippen LogP) is 1.28. The minimum absolute atomic E-state index is 0.0843. The molecule has 0 aromatic carbocycles. The van der Waals surface area contributed by atoms with Crippen LogP contribution in [0.4, 0.5) is 0 Å². The minimum Gasteiger partial charge on any atom is -0.496 e. The molecular weight excluding hydrogens is 190 g/mol. The minimum atomic E-state index is -0.0843. The Morgan fingerprint density at radius 3 is 3.07 bits per heavy atom. The molecule has 4 nitrogen and oxygen atoms in total. The molecule has 15 heavy (non-hydrogen) atoms. The molecule has 0 radical (unpaired) electrons. The lowest BCUT2D eigenvalue weighted by Crippen LogP contribution is -2.31. The van der Waals surface area contributed by atoms with E-state index in [4.69, 9.17) is 10.6 Å². The molecule has 2 heterocycles. The highest BCUT2D eigenvalue weighted by Crippen LogP contribution is 2.24. The van der Waals surface area contributed by atoms with Gasteiger partial charge in [-0.2, -0.15) is 0 Å². The highest BCUT2D eigenvalue weighted by atomic mass is 16.5. The van der Waals surface area contributed by atoms with Crippen molar-refractivity contribution >= 4 is 0 Å². The van der Waals surface area contributed by atoms with Crippen molar-refractivity contribution in [3.05, 3.63) is 41.9 Å². The van der Waals surface area contributed by atoms with Gasteiger partial charge in [0, 0.05) is 12.4 Å². The van der Waals surface area contributed by atoms with Crippen molar-refractivity contribution in [2.24, 2.45) is 5.84 Å². The number of allylic oxidation sites excluding steroid dienone is 1. The van der Waals surface area contributed by atoms with Crippen LogP contribution in [0.5, 0.6) is 0 Å². The van der Waals surface area contributed by atoms with Crippen LogP contribution in [0.15, 0.2) is 36.4 Å². The number of nitrogens with one attached hydrogen (secondary N) is 1. The van der Waals surface area contributed by atoms with Crippen molar-refractivity contribution in [1.29, 1.82) is 0 Å². The third-order valence-corrected chi connectivity index (χ3v) is 2.43. The van der Waals surface area contributed by atoms with Gasteiger partial charge >= 0.3 is 0 Å². The molecule has 1 atom stereocenters. The fraction of sp³-hybridized carbons (Fsp3) is 0.364. The monoisotopic (exact) mass is 205 g/mol. The van der Waals surface area contributed by atoms with Crippen LogP contribution in [0.2, 0.25) is 0 Å². The van der Waals surface area contributed by atoms with Gasteiger partial charge in [0.2, 0.25) is 0 Å². The van der Waals surface area contributed by atoms with Gasteiger partial charge < -0.3 is 4.74 Å². The molecule has 0 saturated heterocycles. The molecule has 0 bridgehead atoms. The van der Waals surface area contributed by atoms with Gasteiger partial charge in [-0.3, -0.25) is 10.8 Å². The van der Waals surface area contributed by atoms with Crippen LogP contribution < -0.4 is 11.3 Å². The van der Waals surface area contributed by atoms with Gasteiger partial charge in [-0.25, -0.2) is 5.43 Å². The van der Waals surface area contributed by atoms with Crippen molar-refractivity contribution in [3.8, 4) is 0 Å². The van der Waals surface area contributed by atoms with Gasteiger partial charge in [-0.15, -0.1) is 0 Å². The van der Waals surface area contributed by atoms with Crippen molar-refractivity contribution in [1.82, 2.24) is 10.4 Å². The Labute approximate surface area is 89.1 Å². The van der Waals surface area contributed by atoms with Crippen LogP contribution in [0, 0.1) is 0 Å². The summed E-state index contributed by atoms with van der Waals surface area (Å²) in [6.45, 7) is 0.768. The van der Waals surface area contributed by atoms with E-state index in [9.17, 15) is 0 Å². The molecular formula is C11H15N3O. The van der Waals surface area contributed by atoms with Crippen LogP contribution in [0.3, 0.4) is 0 Å². The van der Waals surface area contributed by atoms with Crippen molar-refractivity contribution in [3.63, 3.8) is 0 Å². The van der Waals surface area contributed by atoms with E-state index in [1.54, 1.807) is 12.4 Å². The summed E-state index contributed by atoms with van der Waals surface area (Å²) < 4.78 is 5.58. The molecule has 4 heteroatoms. The Kier molecular flexibility index (Phi) is 3.32. The van der Waals surface area contributed by atoms with Crippen molar-refractivity contribution in [2.45, 2.75) is 18.9 Å². The standard InChI is InChI=1S/C11H15N3O/c12-14-11(9-4-3-6-13-8-9)10-5-1-2-7-15-10/h3-6,8,11,14H,1-2,7,12H2. The van der Waals surface area contributed by atoms with Gasteiger partial charge in [0.1, 0.15) is 11.8 Å². The van der Waals surface area contributed by atoms with E-state index in [1.165, 1.54) is 0 Å². The van der Waals surface area contributed by atoms with E-state index >= 15 is 0 Å². The van der Waals surface area contributed by atoms with Gasteiger partial charge in [0.05, 0.1) is 6.61 Å². The summed E-state index contributed by atoms with van der Waals surface area (Å²) in [6, 6.07) is 3.79. The lowest BCUT2D eigenvalue weighted by atomic mass is 10.1. The fourth-order valence-electron chi connectivity index (χ4n) is 1.67. The number of ether oxygens (including phenoxy) is 1. The quantitative estimate of drug-likeness (QED) is 0.576. The Morgan fingerprint density at radius 1 is 1.53 bits per heavy atom. The number of hydrazine groups is 1. The molecule has 0 aliphatic carbocycles. The average molecular weight is 205 g/mol. The molecule has 1 aromatic heterocycles. The number of pyridine rings is 1. The van der Waals surface area contributed by atoms with Gasteiger partial charge in [-0.05, 0) is 30.5 Å². The SMILES string of the molecule is NNC(C1=CCCCO1)c1cccnc1. The first kappa shape index (κ1) is 10.1. The zero-order valence-corrected chi connectivity index (χ0v) is 8.52. The first-order valence-corrected chi connectivity index (χ1v) is 5.10. The predicted molar refractivity (Wildman–Crippen MR) is 57.6 cm³/mol. The van der Waals surface area contributed by atoms with E-state index in [0.29, 0.717) is 0 Å². The van der Waals surface area contributed by atoms with Gasteiger partial charge in [-0.1, -0.05) is 6.07 Å². The smallest absolute Gasteiger partial charge is 0.115 e. The Morgan fingerprint density at radius 2 is 2.47 bits per heavy atom. The number of aromatic nitrogens is 1. The summed E-state index contributed by atoms with van der Waals surface area (Å²) in [5.74, 6) is 6.44. The maximum absolute atomic E-state index is 5.58. The number of hydrogen-bond acceptors (Lipinski definition) is 4. The largest absolute Gasteiger partial charge is 0.496 e. The van der Waals surface area contributed by atoms with Crippen LogP contribution in [-0.4, -0.2) is 11.6 Å². The summed E-state index contributed by atoms with van der Waals surface area (Å²) in [6.07, 6.45) is 7.75. The molecule has 1 aliphatic rings. The van der Waals surface area contributed by atoms with E-state index in [2.05, 4.69) is 16.5 Å². The Hall–Kier alpha value is -1.39. The second kappa shape index (κ2) is 4.91. The second-order valence-electron chi connectivity index (χ2n) is 3.48. The first-order valence-electron chi connectivity index (χ1n) is 5.10. The maximum atomic E-state index is 5.58. The summed E-state index contributed by atoms with van der Waals surface area (Å²) in [4.78, 5) is 4.07. The summed E-state index contributed by atoms with van der Waals surface area (Å²) in [5, 5.41) is 0. The van der Waals surface area contributed by atoms with Gasteiger partial charge in [0.15, 0.2) is 0 Å². The van der Waals surface area contributed by atoms with Crippen molar-refractivity contribution < 1.29 is 4.74 Å². The maximum Gasteiger partial charge on any atom is 0.115 e. The van der Waals surface area contributed by atoms with Crippen LogP contribution >= 0.6 is 0 Å². The van der Waals surface area contributed by atoms with E-state index < -0.39 is 0 Å². The zero-order valence-electron chi connectivity index (χ0n) is 8.52. The summed E-state index contributed by atoms with van der Waals surface area (Å²) in [7, 11) is 0. The van der Waals surface area contributed by atoms with Crippen molar-refractivity contribution in [2.75, 3.05) is 6.61 Å².